The first-order valence-corrected chi connectivity index (χ1v) is 11.9. The van der Waals surface area contributed by atoms with Crippen molar-refractivity contribution in [1.29, 1.82) is 0 Å². The molecule has 2 aromatic carbocycles. The van der Waals surface area contributed by atoms with Crippen molar-refractivity contribution in [2.24, 2.45) is 10.9 Å². The Bertz CT molecular complexity index is 964. The molecule has 0 radical (unpaired) electrons. The lowest BCUT2D eigenvalue weighted by atomic mass is 9.77. The first-order valence-electron chi connectivity index (χ1n) is 11.9. The van der Waals surface area contributed by atoms with E-state index in [0.29, 0.717) is 25.8 Å². The van der Waals surface area contributed by atoms with Crippen LogP contribution in [-0.2, 0) is 20.8 Å². The number of piperazine rings is 1. The van der Waals surface area contributed by atoms with Crippen LogP contribution in [0.1, 0.15) is 29.9 Å². The summed E-state index contributed by atoms with van der Waals surface area (Å²) >= 11 is 0. The summed E-state index contributed by atoms with van der Waals surface area (Å²) in [4.78, 5) is 45.4. The molecule has 1 aliphatic carbocycles. The van der Waals surface area contributed by atoms with Crippen LogP contribution in [0.25, 0.3) is 0 Å². The molecule has 1 aliphatic heterocycles. The zero-order valence-corrected chi connectivity index (χ0v) is 19.0. The lowest BCUT2D eigenvalue weighted by molar-refractivity contribution is -0.902. The van der Waals surface area contributed by atoms with Crippen LogP contribution in [0, 0.1) is 5.92 Å². The highest BCUT2D eigenvalue weighted by atomic mass is 16.2. The van der Waals surface area contributed by atoms with Gasteiger partial charge in [0.05, 0.1) is 45.7 Å². The summed E-state index contributed by atoms with van der Waals surface area (Å²) in [5.74, 6) is -0.571. The molecule has 6 heteroatoms. The fourth-order valence-corrected chi connectivity index (χ4v) is 4.73. The van der Waals surface area contributed by atoms with Gasteiger partial charge in [0.1, 0.15) is 17.5 Å². The molecular weight excluding hydrogens is 414 g/mol. The van der Waals surface area contributed by atoms with E-state index in [4.69, 9.17) is 0 Å². The number of carbonyl (C=O) groups excluding carboxylic acids is 3. The van der Waals surface area contributed by atoms with Gasteiger partial charge in [-0.25, -0.2) is 0 Å². The van der Waals surface area contributed by atoms with Gasteiger partial charge in [0.2, 0.25) is 5.91 Å². The molecule has 2 fully saturated rings. The summed E-state index contributed by atoms with van der Waals surface area (Å²) in [6.45, 7) is 4.74. The Morgan fingerprint density at radius 3 is 2.18 bits per heavy atom. The van der Waals surface area contributed by atoms with Crippen LogP contribution in [-0.4, -0.2) is 67.9 Å². The third kappa shape index (κ3) is 6.23. The lowest BCUT2D eigenvalue weighted by Crippen LogP contribution is -3.15. The van der Waals surface area contributed by atoms with E-state index in [1.807, 2.05) is 65.6 Å². The topological polar surface area (TPSA) is 71.2 Å². The van der Waals surface area contributed by atoms with Crippen molar-refractivity contribution in [3.05, 3.63) is 71.8 Å². The standard InChI is InChI=1S/C27H31N3O3/c31-25-18-23(22-9-5-2-6-10-22)19-26(32)24(25)20-28-11-12-29-13-15-30(16-14-29)27(33)17-21-7-3-1-4-8-21/h1-10,20,23-24H,11-19H2/p+1. The number of rotatable bonds is 7. The molecule has 33 heavy (non-hydrogen) atoms. The molecule has 2 aromatic rings. The molecule has 0 aromatic heterocycles. The highest BCUT2D eigenvalue weighted by Gasteiger charge is 2.34. The fraction of sp³-hybridized carbons (Fsp3) is 0.407. The number of Topliss-reactive ketones (excluding diaryl/α,β-unsaturated/α-hetero) is 2. The number of benzene rings is 2. The van der Waals surface area contributed by atoms with Crippen LogP contribution in [0.5, 0.6) is 0 Å². The van der Waals surface area contributed by atoms with Gasteiger partial charge in [0.25, 0.3) is 0 Å². The number of quaternary nitrogens is 1. The number of aliphatic imine (C=N–C) groups is 1. The predicted octanol–water partition coefficient (Wildman–Crippen LogP) is 1.36. The summed E-state index contributed by atoms with van der Waals surface area (Å²) in [6, 6.07) is 19.6. The van der Waals surface area contributed by atoms with Crippen molar-refractivity contribution >= 4 is 23.7 Å². The van der Waals surface area contributed by atoms with E-state index in [2.05, 4.69) is 4.99 Å². The van der Waals surface area contributed by atoms with E-state index in [0.717, 1.165) is 43.9 Å². The van der Waals surface area contributed by atoms with Crippen LogP contribution in [0.15, 0.2) is 65.7 Å². The average molecular weight is 447 g/mol. The van der Waals surface area contributed by atoms with Crippen molar-refractivity contribution < 1.29 is 19.3 Å². The maximum absolute atomic E-state index is 12.6. The van der Waals surface area contributed by atoms with Crippen molar-refractivity contribution in [3.8, 4) is 0 Å². The molecule has 0 unspecified atom stereocenters. The number of hydrogen-bond acceptors (Lipinski definition) is 4. The minimum atomic E-state index is -0.688. The van der Waals surface area contributed by atoms with Crippen LogP contribution in [0.2, 0.25) is 0 Å². The zero-order chi connectivity index (χ0) is 23.0. The summed E-state index contributed by atoms with van der Waals surface area (Å²) in [7, 11) is 0. The molecule has 172 valence electrons. The Balaban J connectivity index is 1.18. The minimum Gasteiger partial charge on any atom is -0.331 e. The normalized spacial score (nSPS) is 22.1. The highest BCUT2D eigenvalue weighted by molar-refractivity contribution is 6.16. The predicted molar refractivity (Wildman–Crippen MR) is 128 cm³/mol. The molecule has 0 atom stereocenters. The molecule has 0 spiro atoms. The quantitative estimate of drug-likeness (QED) is 0.516. The molecule has 0 bridgehead atoms. The van der Waals surface area contributed by atoms with Gasteiger partial charge in [0, 0.05) is 19.1 Å². The van der Waals surface area contributed by atoms with E-state index < -0.39 is 5.92 Å². The number of amides is 1. The van der Waals surface area contributed by atoms with E-state index >= 15 is 0 Å². The molecule has 1 heterocycles. The fourth-order valence-electron chi connectivity index (χ4n) is 4.73. The number of carbonyl (C=O) groups is 3. The maximum atomic E-state index is 12.6. The second-order valence-electron chi connectivity index (χ2n) is 9.02. The van der Waals surface area contributed by atoms with E-state index in [9.17, 15) is 14.4 Å². The molecule has 1 saturated heterocycles. The Kier molecular flexibility index (Phi) is 7.79. The molecule has 1 N–H and O–H groups in total. The monoisotopic (exact) mass is 446 g/mol. The molecule has 1 amide bonds. The summed E-state index contributed by atoms with van der Waals surface area (Å²) in [5.41, 5.74) is 2.10. The van der Waals surface area contributed by atoms with Gasteiger partial charge in [-0.3, -0.25) is 19.4 Å². The van der Waals surface area contributed by atoms with Crippen molar-refractivity contribution in [1.82, 2.24) is 4.90 Å². The maximum Gasteiger partial charge on any atom is 0.227 e. The Morgan fingerprint density at radius 1 is 0.939 bits per heavy atom. The molecule has 2 aliphatic rings. The third-order valence-corrected chi connectivity index (χ3v) is 6.73. The SMILES string of the molecule is O=C1CC(c2ccccc2)CC(=O)C1C=NCC[NH+]1CCN(C(=O)Cc2ccccc2)CC1. The van der Waals surface area contributed by atoms with Gasteiger partial charge >= 0.3 is 0 Å². The largest absolute Gasteiger partial charge is 0.331 e. The Hall–Kier alpha value is -3.12. The zero-order valence-electron chi connectivity index (χ0n) is 19.0. The van der Waals surface area contributed by atoms with Crippen molar-refractivity contribution in [2.75, 3.05) is 39.3 Å². The van der Waals surface area contributed by atoms with Crippen LogP contribution >= 0.6 is 0 Å². The van der Waals surface area contributed by atoms with Gasteiger partial charge in [-0.05, 0) is 17.0 Å². The van der Waals surface area contributed by atoms with Gasteiger partial charge < -0.3 is 9.80 Å². The smallest absolute Gasteiger partial charge is 0.227 e. The first kappa shape index (κ1) is 23.1. The van der Waals surface area contributed by atoms with Gasteiger partial charge in [-0.15, -0.1) is 0 Å². The lowest BCUT2D eigenvalue weighted by Gasteiger charge is -2.32. The summed E-state index contributed by atoms with van der Waals surface area (Å²) < 4.78 is 0. The van der Waals surface area contributed by atoms with E-state index in [1.165, 1.54) is 4.90 Å². The van der Waals surface area contributed by atoms with Crippen LogP contribution in [0.3, 0.4) is 0 Å². The molecule has 6 nitrogen and oxygen atoms in total. The van der Waals surface area contributed by atoms with Crippen LogP contribution in [0.4, 0.5) is 0 Å². The van der Waals surface area contributed by atoms with E-state index in [1.54, 1.807) is 6.21 Å². The number of nitrogens with one attached hydrogen (secondary N) is 1. The third-order valence-electron chi connectivity index (χ3n) is 6.73. The molecule has 1 saturated carbocycles. The number of ketones is 2. The van der Waals surface area contributed by atoms with Crippen LogP contribution < -0.4 is 4.90 Å². The molecular formula is C27H32N3O3+. The van der Waals surface area contributed by atoms with Crippen molar-refractivity contribution in [2.45, 2.75) is 25.2 Å². The number of nitrogens with zero attached hydrogens (tertiary/aromatic N) is 2. The summed E-state index contributed by atoms with van der Waals surface area (Å²) in [6.07, 6.45) is 2.83. The Morgan fingerprint density at radius 2 is 1.55 bits per heavy atom. The summed E-state index contributed by atoms with van der Waals surface area (Å²) in [5, 5.41) is 0. The highest BCUT2D eigenvalue weighted by Crippen LogP contribution is 2.31. The number of hydrogen-bond donors (Lipinski definition) is 1. The second kappa shape index (κ2) is 11.1. The minimum absolute atomic E-state index is 0.0128. The second-order valence-corrected chi connectivity index (χ2v) is 9.02. The van der Waals surface area contributed by atoms with Gasteiger partial charge in [-0.1, -0.05) is 60.7 Å². The van der Waals surface area contributed by atoms with Gasteiger partial charge in [0.15, 0.2) is 0 Å². The molecule has 4 rings (SSSR count). The van der Waals surface area contributed by atoms with Gasteiger partial charge in [-0.2, -0.15) is 0 Å². The Labute approximate surface area is 195 Å². The van der Waals surface area contributed by atoms with Crippen molar-refractivity contribution in [3.63, 3.8) is 0 Å². The first-order chi connectivity index (χ1) is 16.1. The average Bonchev–Trinajstić information content (AvgIpc) is 2.84. The van der Waals surface area contributed by atoms with E-state index in [-0.39, 0.29) is 23.4 Å².